The van der Waals surface area contributed by atoms with Crippen molar-refractivity contribution in [1.82, 2.24) is 0 Å². The summed E-state index contributed by atoms with van der Waals surface area (Å²) in [6, 6.07) is 8.17. The van der Waals surface area contributed by atoms with Gasteiger partial charge in [-0.25, -0.2) is 0 Å². The molecule has 6 heteroatoms. The van der Waals surface area contributed by atoms with Gasteiger partial charge in [0.15, 0.2) is 0 Å². The molecule has 0 aliphatic carbocycles. The van der Waals surface area contributed by atoms with Gasteiger partial charge < -0.3 is 16.0 Å². The molecule has 1 aliphatic heterocycles. The van der Waals surface area contributed by atoms with Crippen LogP contribution in [0, 0.1) is 0 Å². The average Bonchev–Trinajstić information content (AvgIpc) is 2.75. The topological polar surface area (TPSA) is 58.4 Å². The van der Waals surface area contributed by atoms with Crippen molar-refractivity contribution in [1.29, 1.82) is 0 Å². The number of rotatable bonds is 5. The average molecular weight is 362 g/mol. The summed E-state index contributed by atoms with van der Waals surface area (Å²) in [5, 5.41) is 3.05. The number of hydrogen-bond acceptors (Lipinski definition) is 3. The predicted molar refractivity (Wildman–Crippen MR) is 103 cm³/mol. The molecular formula is C17H29Cl2N3O. The molecule has 1 atom stereocenters. The Kier molecular flexibility index (Phi) is 11.1. The normalized spacial score (nSPS) is 15.7. The highest BCUT2D eigenvalue weighted by Crippen LogP contribution is 2.28. The third-order valence-corrected chi connectivity index (χ3v) is 3.95. The second-order valence-corrected chi connectivity index (χ2v) is 5.98. The standard InChI is InChI=1S/C17H27N3O.2ClH/c1-14(18)10-11-17(21)19-15-8-4-5-9-16(15)20-12-6-2-3-7-13-20;;/h4-5,8-9,14H,2-3,6-7,10-13,18H2,1H3,(H,19,21);2*1H. The molecule has 1 aromatic carbocycles. The largest absolute Gasteiger partial charge is 0.370 e. The van der Waals surface area contributed by atoms with Crippen LogP contribution in [-0.4, -0.2) is 25.0 Å². The maximum absolute atomic E-state index is 12.0. The lowest BCUT2D eigenvalue weighted by Gasteiger charge is -2.25. The van der Waals surface area contributed by atoms with Crippen LogP contribution in [0.25, 0.3) is 0 Å². The lowest BCUT2D eigenvalue weighted by Crippen LogP contribution is -2.26. The van der Waals surface area contributed by atoms with Crippen LogP contribution in [0.5, 0.6) is 0 Å². The first kappa shape index (κ1) is 22.0. The van der Waals surface area contributed by atoms with Crippen molar-refractivity contribution in [3.8, 4) is 0 Å². The van der Waals surface area contributed by atoms with Gasteiger partial charge in [-0.3, -0.25) is 4.79 Å². The molecule has 0 aromatic heterocycles. The quantitative estimate of drug-likeness (QED) is 0.833. The van der Waals surface area contributed by atoms with Crippen molar-refractivity contribution in [2.45, 2.75) is 51.5 Å². The molecule has 23 heavy (non-hydrogen) atoms. The first-order chi connectivity index (χ1) is 10.2. The molecule has 3 N–H and O–H groups in total. The van der Waals surface area contributed by atoms with Gasteiger partial charge in [0.25, 0.3) is 0 Å². The molecule has 1 unspecified atom stereocenters. The number of para-hydroxylation sites is 2. The van der Waals surface area contributed by atoms with Crippen LogP contribution in [0.2, 0.25) is 0 Å². The minimum absolute atomic E-state index is 0. The minimum Gasteiger partial charge on any atom is -0.370 e. The fourth-order valence-electron chi connectivity index (χ4n) is 2.74. The van der Waals surface area contributed by atoms with E-state index in [0.717, 1.165) is 30.9 Å². The molecule has 132 valence electrons. The van der Waals surface area contributed by atoms with Gasteiger partial charge in [0.2, 0.25) is 5.91 Å². The van der Waals surface area contributed by atoms with Crippen molar-refractivity contribution in [2.24, 2.45) is 5.73 Å². The van der Waals surface area contributed by atoms with E-state index in [2.05, 4.69) is 16.3 Å². The summed E-state index contributed by atoms with van der Waals surface area (Å²) in [6.07, 6.45) is 6.27. The van der Waals surface area contributed by atoms with Crippen molar-refractivity contribution in [3.63, 3.8) is 0 Å². The summed E-state index contributed by atoms with van der Waals surface area (Å²) < 4.78 is 0. The Bertz CT molecular complexity index is 461. The minimum atomic E-state index is 0. The Balaban J connectivity index is 0.00000242. The number of nitrogens with one attached hydrogen (secondary N) is 1. The number of nitrogens with two attached hydrogens (primary N) is 1. The highest BCUT2D eigenvalue weighted by atomic mass is 35.5. The van der Waals surface area contributed by atoms with E-state index in [1.165, 1.54) is 25.7 Å². The van der Waals surface area contributed by atoms with E-state index < -0.39 is 0 Å². The zero-order valence-electron chi connectivity index (χ0n) is 13.8. The van der Waals surface area contributed by atoms with Gasteiger partial charge in [-0.2, -0.15) is 0 Å². The Hall–Kier alpha value is -0.970. The Morgan fingerprint density at radius 1 is 1.17 bits per heavy atom. The second-order valence-electron chi connectivity index (χ2n) is 5.98. The molecule has 2 rings (SSSR count). The van der Waals surface area contributed by atoms with Crippen LogP contribution in [0.4, 0.5) is 11.4 Å². The maximum atomic E-state index is 12.0. The maximum Gasteiger partial charge on any atom is 0.224 e. The monoisotopic (exact) mass is 361 g/mol. The van der Waals surface area contributed by atoms with Crippen LogP contribution in [-0.2, 0) is 4.79 Å². The first-order valence-electron chi connectivity index (χ1n) is 8.06. The zero-order valence-corrected chi connectivity index (χ0v) is 15.4. The number of hydrogen-bond donors (Lipinski definition) is 2. The van der Waals surface area contributed by atoms with E-state index in [1.807, 2.05) is 25.1 Å². The zero-order chi connectivity index (χ0) is 15.1. The molecule has 1 fully saturated rings. The highest BCUT2D eigenvalue weighted by molar-refractivity contribution is 5.94. The number of amides is 1. The summed E-state index contributed by atoms with van der Waals surface area (Å²) in [5.41, 5.74) is 7.78. The Labute approximate surface area is 152 Å². The molecule has 0 spiro atoms. The van der Waals surface area contributed by atoms with E-state index in [0.29, 0.717) is 6.42 Å². The summed E-state index contributed by atoms with van der Waals surface area (Å²) in [7, 11) is 0. The van der Waals surface area contributed by atoms with Gasteiger partial charge >= 0.3 is 0 Å². The molecule has 0 saturated carbocycles. The van der Waals surface area contributed by atoms with Gasteiger partial charge in [0.05, 0.1) is 11.4 Å². The van der Waals surface area contributed by atoms with E-state index in [1.54, 1.807) is 0 Å². The number of anilines is 2. The van der Waals surface area contributed by atoms with E-state index in [9.17, 15) is 4.79 Å². The van der Waals surface area contributed by atoms with Crippen LogP contribution in [0.1, 0.15) is 45.4 Å². The van der Waals surface area contributed by atoms with Gasteiger partial charge in [0.1, 0.15) is 0 Å². The number of halogens is 2. The first-order valence-corrected chi connectivity index (χ1v) is 8.06. The molecule has 1 aliphatic rings. The van der Waals surface area contributed by atoms with Crippen molar-refractivity contribution in [2.75, 3.05) is 23.3 Å². The lowest BCUT2D eigenvalue weighted by molar-refractivity contribution is -0.116. The predicted octanol–water partition coefficient (Wildman–Crippen LogP) is 3.98. The molecule has 4 nitrogen and oxygen atoms in total. The van der Waals surface area contributed by atoms with Gasteiger partial charge in [-0.1, -0.05) is 25.0 Å². The molecule has 0 bridgehead atoms. The molecular weight excluding hydrogens is 333 g/mol. The van der Waals surface area contributed by atoms with E-state index in [4.69, 9.17) is 5.73 Å². The molecule has 1 heterocycles. The summed E-state index contributed by atoms with van der Waals surface area (Å²) >= 11 is 0. The summed E-state index contributed by atoms with van der Waals surface area (Å²) in [4.78, 5) is 14.4. The van der Waals surface area contributed by atoms with Crippen molar-refractivity contribution in [3.05, 3.63) is 24.3 Å². The van der Waals surface area contributed by atoms with Gasteiger partial charge in [0, 0.05) is 25.6 Å². The number of carbonyl (C=O) groups is 1. The third-order valence-electron chi connectivity index (χ3n) is 3.95. The number of nitrogens with zero attached hydrogens (tertiary/aromatic N) is 1. The van der Waals surface area contributed by atoms with E-state index >= 15 is 0 Å². The molecule has 1 aromatic rings. The van der Waals surface area contributed by atoms with E-state index in [-0.39, 0.29) is 36.8 Å². The molecule has 0 radical (unpaired) electrons. The Morgan fingerprint density at radius 2 is 1.78 bits per heavy atom. The summed E-state index contributed by atoms with van der Waals surface area (Å²) in [5.74, 6) is 0.0505. The number of benzene rings is 1. The van der Waals surface area contributed by atoms with Crippen molar-refractivity contribution >= 4 is 42.1 Å². The SMILES string of the molecule is CC(N)CCC(=O)Nc1ccccc1N1CCCCCC1.Cl.Cl. The van der Waals surface area contributed by atoms with Crippen LogP contribution in [0.3, 0.4) is 0 Å². The Morgan fingerprint density at radius 3 is 2.39 bits per heavy atom. The smallest absolute Gasteiger partial charge is 0.224 e. The number of carbonyl (C=O) groups excluding carboxylic acids is 1. The second kappa shape index (κ2) is 11.5. The summed E-state index contributed by atoms with van der Waals surface area (Å²) in [6.45, 7) is 4.08. The fourth-order valence-corrected chi connectivity index (χ4v) is 2.74. The van der Waals surface area contributed by atoms with Crippen molar-refractivity contribution < 1.29 is 4.79 Å². The molecule has 1 amide bonds. The van der Waals surface area contributed by atoms with Crippen LogP contribution < -0.4 is 16.0 Å². The van der Waals surface area contributed by atoms with Gasteiger partial charge in [-0.15, -0.1) is 24.8 Å². The van der Waals surface area contributed by atoms with Crippen LogP contribution in [0.15, 0.2) is 24.3 Å². The van der Waals surface area contributed by atoms with Crippen LogP contribution >= 0.6 is 24.8 Å². The molecule has 1 saturated heterocycles. The lowest BCUT2D eigenvalue weighted by atomic mass is 10.1. The van der Waals surface area contributed by atoms with Gasteiger partial charge in [-0.05, 0) is 38.3 Å². The third kappa shape index (κ3) is 7.42. The highest BCUT2D eigenvalue weighted by Gasteiger charge is 2.14. The fraction of sp³-hybridized carbons (Fsp3) is 0.588.